The van der Waals surface area contributed by atoms with Crippen molar-refractivity contribution < 1.29 is 57.8 Å². The van der Waals surface area contributed by atoms with Crippen LogP contribution in [0.25, 0.3) is 0 Å². The van der Waals surface area contributed by atoms with Crippen molar-refractivity contribution in [2.45, 2.75) is 212 Å². The van der Waals surface area contributed by atoms with E-state index in [9.17, 15) is 57.8 Å². The fourth-order valence-electron chi connectivity index (χ4n) is 8.40. The van der Waals surface area contributed by atoms with Crippen molar-refractivity contribution >= 4 is 77.0 Å². The van der Waals surface area contributed by atoms with E-state index in [1.807, 2.05) is 20.8 Å². The number of aliphatic carboxylic acids is 1. The largest absolute Gasteiger partial charge is 0.481 e. The number of carbonyl (C=O) groups excluding carboxylic acids is 10. The van der Waals surface area contributed by atoms with E-state index < -0.39 is 145 Å². The van der Waals surface area contributed by atoms with E-state index >= 15 is 0 Å². The van der Waals surface area contributed by atoms with Gasteiger partial charge >= 0.3 is 5.97 Å². The molecule has 0 aromatic heterocycles. The van der Waals surface area contributed by atoms with Gasteiger partial charge in [0.2, 0.25) is 59.1 Å². The molecule has 0 saturated carbocycles. The van der Waals surface area contributed by atoms with E-state index in [2.05, 4.69) is 57.8 Å². The molecule has 30 heteroatoms. The third-order valence-corrected chi connectivity index (χ3v) is 13.2. The highest BCUT2D eigenvalue weighted by molar-refractivity contribution is 5.99. The Hall–Kier alpha value is -7.37. The van der Waals surface area contributed by atoms with Crippen LogP contribution in [0.4, 0.5) is 0 Å². The second-order valence-corrected chi connectivity index (χ2v) is 21.6. The van der Waals surface area contributed by atoms with Gasteiger partial charge in [0.1, 0.15) is 48.3 Å². The summed E-state index contributed by atoms with van der Waals surface area (Å²) in [6, 6.07) is -11.9. The van der Waals surface area contributed by atoms with Crippen molar-refractivity contribution in [3.63, 3.8) is 0 Å². The number of hydrogen-bond donors (Lipinski definition) is 17. The molecular formula is C53H100N18O12. The Kier molecular flexibility index (Phi) is 37.9. The summed E-state index contributed by atoms with van der Waals surface area (Å²) < 4.78 is 0. The molecule has 0 unspecified atom stereocenters. The lowest BCUT2D eigenvalue weighted by atomic mass is 9.96. The van der Waals surface area contributed by atoms with Gasteiger partial charge in [0.25, 0.3) is 0 Å². The standard InChI is InChI=1S/C53H100N18O12/c1-9-11-18-34(45(77)65-35(20-16-25-63-53(59)60)46(78)64-33(44(76)61-8)19-13-15-24-62-52(57)58)67-51(83)42(31(7)10-2)71-50(82)39(28-41(73)74)70-47(79)36(21-22-40(56)72)66-48(80)38(27-30(5)6)69-49(81)37(26-29(3)4)68-43(75)32(55)17-12-14-23-54/h29-39,42H,9-28,54-55H2,1-8H3,(H2,56,72)(H,61,76)(H,64,78)(H,65,77)(H,66,80)(H,67,83)(H,68,75)(H,69,81)(H,70,79)(H,71,82)(H,73,74)(H4,57,58,62)(H4,59,60,63)/t31-,32-,33-,34-,35+,36-,37-,38-,39-,42-/m0/s1. The second kappa shape index (κ2) is 41.6. The first-order valence-corrected chi connectivity index (χ1v) is 28.7. The van der Waals surface area contributed by atoms with Gasteiger partial charge in [0.15, 0.2) is 11.9 Å². The molecule has 0 fully saturated rings. The fourth-order valence-corrected chi connectivity index (χ4v) is 8.40. The van der Waals surface area contributed by atoms with E-state index in [0.717, 1.165) is 0 Å². The van der Waals surface area contributed by atoms with Gasteiger partial charge in [-0.3, -0.25) is 62.7 Å². The van der Waals surface area contributed by atoms with E-state index in [0.29, 0.717) is 51.5 Å². The zero-order valence-corrected chi connectivity index (χ0v) is 49.9. The van der Waals surface area contributed by atoms with Crippen LogP contribution in [-0.4, -0.2) is 163 Å². The summed E-state index contributed by atoms with van der Waals surface area (Å²) in [6.45, 7) is 13.1. The van der Waals surface area contributed by atoms with Crippen LogP contribution in [-0.2, 0) is 52.7 Å². The van der Waals surface area contributed by atoms with Crippen molar-refractivity contribution in [1.29, 1.82) is 0 Å². The average Bonchev–Trinajstić information content (AvgIpc) is 3.60. The SMILES string of the molecule is CCCC[C@H](NC(=O)[C@@H](NC(=O)[C@H](CC(=O)O)NC(=O)[C@H](CCC(N)=O)NC(=O)[C@H](CC(C)C)NC(=O)[C@H](CC(C)C)NC(=O)[C@@H](N)CCCCN)[C@@H](C)CC)C(=O)N[C@H](CCCN=C(N)N)C(=O)N[C@@H](CCCCN=C(N)N)C(=O)NC. The molecule has 0 radical (unpaired) electrons. The third kappa shape index (κ3) is 32.8. The van der Waals surface area contributed by atoms with Gasteiger partial charge in [-0.05, 0) is 94.9 Å². The molecule has 0 spiro atoms. The van der Waals surface area contributed by atoms with E-state index in [1.165, 1.54) is 7.05 Å². The summed E-state index contributed by atoms with van der Waals surface area (Å²) in [5.41, 5.74) is 38.9. The minimum atomic E-state index is -1.89. The van der Waals surface area contributed by atoms with Crippen LogP contribution in [0.3, 0.4) is 0 Å². The summed E-state index contributed by atoms with van der Waals surface area (Å²) in [5, 5.41) is 33.3. The van der Waals surface area contributed by atoms with E-state index in [4.69, 9.17) is 40.1 Å². The Morgan fingerprint density at radius 3 is 1.30 bits per heavy atom. The Bertz CT molecular complexity index is 2160. The quantitative estimate of drug-likeness (QED) is 0.0161. The van der Waals surface area contributed by atoms with Gasteiger partial charge in [-0.15, -0.1) is 0 Å². The highest BCUT2D eigenvalue weighted by atomic mass is 16.4. The number of aliphatic imine (C=N–C) groups is 2. The average molecular weight is 1180 g/mol. The first-order chi connectivity index (χ1) is 39.0. The number of hydrogen-bond acceptors (Lipinski definition) is 15. The van der Waals surface area contributed by atoms with E-state index in [1.54, 1.807) is 27.7 Å². The number of nitrogens with one attached hydrogen (secondary N) is 9. The first-order valence-electron chi connectivity index (χ1n) is 28.7. The number of likely N-dealkylation sites (N-methyl/N-ethyl adjacent to an activating group) is 1. The Morgan fingerprint density at radius 2 is 0.855 bits per heavy atom. The topological polar surface area (TPSA) is 523 Å². The highest BCUT2D eigenvalue weighted by Crippen LogP contribution is 2.15. The van der Waals surface area contributed by atoms with Gasteiger partial charge in [-0.2, -0.15) is 0 Å². The Labute approximate surface area is 487 Å². The molecule has 10 atom stereocenters. The molecule has 0 aliphatic carbocycles. The lowest BCUT2D eigenvalue weighted by molar-refractivity contribution is -0.142. The lowest BCUT2D eigenvalue weighted by Gasteiger charge is -2.30. The number of nitrogens with zero attached hydrogens (tertiary/aromatic N) is 2. The van der Waals surface area contributed by atoms with Gasteiger partial charge in [-0.25, -0.2) is 0 Å². The molecule has 0 rings (SSSR count). The number of carboxylic acids is 1. The normalized spacial score (nSPS) is 14.7. The summed E-state index contributed by atoms with van der Waals surface area (Å²) in [7, 11) is 1.40. The van der Waals surface area contributed by atoms with Crippen molar-refractivity contribution in [2.24, 2.45) is 67.9 Å². The fraction of sp³-hybridized carbons (Fsp3) is 0.755. The predicted molar refractivity (Wildman–Crippen MR) is 313 cm³/mol. The number of amides is 10. The summed E-state index contributed by atoms with van der Waals surface area (Å²) >= 11 is 0. The molecule has 0 saturated heterocycles. The van der Waals surface area contributed by atoms with Crippen molar-refractivity contribution in [3.05, 3.63) is 0 Å². The highest BCUT2D eigenvalue weighted by Gasteiger charge is 2.37. The zero-order chi connectivity index (χ0) is 63.4. The number of primary amides is 1. The zero-order valence-electron chi connectivity index (χ0n) is 49.9. The monoisotopic (exact) mass is 1180 g/mol. The molecule has 0 aromatic rings. The summed E-state index contributed by atoms with van der Waals surface area (Å²) in [5.74, 6) is -11.0. The van der Waals surface area contributed by atoms with Crippen LogP contribution < -0.4 is 88.0 Å². The van der Waals surface area contributed by atoms with Crippen LogP contribution >= 0.6 is 0 Å². The molecule has 474 valence electrons. The third-order valence-electron chi connectivity index (χ3n) is 13.2. The summed E-state index contributed by atoms with van der Waals surface area (Å²) in [4.78, 5) is 157. The molecule has 0 aromatic carbocycles. The van der Waals surface area contributed by atoms with Gasteiger partial charge in [0.05, 0.1) is 12.5 Å². The molecule has 30 nitrogen and oxygen atoms in total. The number of unbranched alkanes of at least 4 members (excludes halogenated alkanes) is 3. The first kappa shape index (κ1) is 75.6. The molecule has 0 aliphatic heterocycles. The maximum Gasteiger partial charge on any atom is 0.305 e. The summed E-state index contributed by atoms with van der Waals surface area (Å²) in [6.07, 6.45) is 2.46. The maximum atomic E-state index is 14.3. The second-order valence-electron chi connectivity index (χ2n) is 21.6. The molecule has 83 heavy (non-hydrogen) atoms. The maximum absolute atomic E-state index is 14.3. The molecule has 10 amide bonds. The van der Waals surface area contributed by atoms with Crippen molar-refractivity contribution in [2.75, 3.05) is 26.7 Å². The predicted octanol–water partition coefficient (Wildman–Crippen LogP) is -3.37. The van der Waals surface area contributed by atoms with Gasteiger partial charge < -0.3 is 93.1 Å². The smallest absolute Gasteiger partial charge is 0.305 e. The molecular weight excluding hydrogens is 1080 g/mol. The molecule has 0 heterocycles. The number of carboxylic acid groups (broad SMARTS) is 1. The van der Waals surface area contributed by atoms with Crippen LogP contribution in [0.1, 0.15) is 158 Å². The Balaban J connectivity index is 6.87. The molecule has 0 bridgehead atoms. The lowest BCUT2D eigenvalue weighted by Crippen LogP contribution is -2.61. The number of rotatable bonds is 44. The Morgan fingerprint density at radius 1 is 0.458 bits per heavy atom. The van der Waals surface area contributed by atoms with Crippen molar-refractivity contribution in [1.82, 2.24) is 47.9 Å². The molecule has 0 aliphatic rings. The van der Waals surface area contributed by atoms with Crippen LogP contribution in [0, 0.1) is 17.8 Å². The van der Waals surface area contributed by atoms with Gasteiger partial charge in [0, 0.05) is 26.6 Å². The van der Waals surface area contributed by atoms with Gasteiger partial charge in [-0.1, -0.05) is 74.1 Å². The van der Waals surface area contributed by atoms with Crippen LogP contribution in [0.2, 0.25) is 0 Å². The number of carbonyl (C=O) groups is 11. The minimum absolute atomic E-state index is 0.00930. The van der Waals surface area contributed by atoms with Crippen LogP contribution in [0.5, 0.6) is 0 Å². The number of guanidine groups is 2. The molecule has 24 N–H and O–H groups in total. The van der Waals surface area contributed by atoms with E-state index in [-0.39, 0.29) is 81.8 Å². The van der Waals surface area contributed by atoms with Crippen molar-refractivity contribution in [3.8, 4) is 0 Å². The minimum Gasteiger partial charge on any atom is -0.481 e. The number of nitrogens with two attached hydrogens (primary N) is 7. The van der Waals surface area contributed by atoms with Crippen LogP contribution in [0.15, 0.2) is 9.98 Å².